The zero-order valence-corrected chi connectivity index (χ0v) is 7.30. The van der Waals surface area contributed by atoms with E-state index in [0.717, 1.165) is 0 Å². The maximum absolute atomic E-state index is 10.6. The van der Waals surface area contributed by atoms with Gasteiger partial charge in [0.1, 0.15) is 18.3 Å². The van der Waals surface area contributed by atoms with Crippen LogP contribution in [0.15, 0.2) is 0 Å². The molecule has 5 unspecified atom stereocenters. The molecule has 0 saturated carbocycles. The first-order chi connectivity index (χ1) is 6.74. The lowest BCUT2D eigenvalue weighted by Gasteiger charge is -2.46. The summed E-state index contributed by atoms with van der Waals surface area (Å²) in [5, 5.41) is 62.8. The van der Waals surface area contributed by atoms with E-state index in [1.807, 2.05) is 0 Å². The van der Waals surface area contributed by atoms with Crippen LogP contribution in [-0.2, 0) is 4.79 Å². The number of aliphatic hydroxyl groups excluding tert-OH is 4. The summed E-state index contributed by atoms with van der Waals surface area (Å²) >= 11 is 0. The highest BCUT2D eigenvalue weighted by Gasteiger charge is 2.61. The fourth-order valence-electron chi connectivity index (χ4n) is 1.31. The van der Waals surface area contributed by atoms with Gasteiger partial charge in [0.25, 0.3) is 5.72 Å². The second-order valence-electron chi connectivity index (χ2n) is 3.22. The van der Waals surface area contributed by atoms with Crippen molar-refractivity contribution in [2.24, 2.45) is 0 Å². The van der Waals surface area contributed by atoms with E-state index in [1.54, 1.807) is 0 Å². The first kappa shape index (κ1) is 12.3. The molecule has 5 atom stereocenters. The van der Waals surface area contributed by atoms with Crippen LogP contribution in [0.2, 0.25) is 0 Å². The maximum Gasteiger partial charge on any atom is 0.356 e. The number of piperidine rings is 1. The third-order valence-electron chi connectivity index (χ3n) is 2.31. The Morgan fingerprint density at radius 2 is 1.60 bits per heavy atom. The molecule has 0 bridgehead atoms. The van der Waals surface area contributed by atoms with Crippen LogP contribution < -0.4 is 0 Å². The SMILES string of the molecule is O=C(O)C1(O)C(O)C(O)C(O)C(O)N1O. The summed E-state index contributed by atoms with van der Waals surface area (Å²) in [5.74, 6) is -2.08. The summed E-state index contributed by atoms with van der Waals surface area (Å²) in [5.41, 5.74) is -3.28. The van der Waals surface area contributed by atoms with Crippen LogP contribution in [0.4, 0.5) is 0 Å². The van der Waals surface area contributed by atoms with Crippen molar-refractivity contribution in [2.75, 3.05) is 0 Å². The van der Waals surface area contributed by atoms with E-state index >= 15 is 0 Å². The number of hydrogen-bond acceptors (Lipinski definition) is 8. The molecule has 0 spiro atoms. The average molecular weight is 225 g/mol. The summed E-state index contributed by atoms with van der Waals surface area (Å²) in [6.45, 7) is 0. The molecular formula is C6H11NO8. The summed E-state index contributed by atoms with van der Waals surface area (Å²) in [4.78, 5) is 10.6. The number of carbonyl (C=O) groups is 1. The van der Waals surface area contributed by atoms with Crippen LogP contribution in [0.3, 0.4) is 0 Å². The van der Waals surface area contributed by atoms with Crippen LogP contribution in [0.25, 0.3) is 0 Å². The summed E-state index contributed by atoms with van der Waals surface area (Å²) in [6.07, 6.45) is -8.72. The minimum atomic E-state index is -3.28. The Balaban J connectivity index is 3.12. The smallest absolute Gasteiger partial charge is 0.356 e. The van der Waals surface area contributed by atoms with Crippen LogP contribution in [0, 0.1) is 0 Å². The third kappa shape index (κ3) is 1.50. The van der Waals surface area contributed by atoms with E-state index in [4.69, 9.17) is 25.6 Å². The van der Waals surface area contributed by atoms with Gasteiger partial charge in [-0.15, -0.1) is 5.06 Å². The fraction of sp³-hybridized carbons (Fsp3) is 0.833. The number of carboxylic acids is 1. The van der Waals surface area contributed by atoms with Crippen LogP contribution >= 0.6 is 0 Å². The van der Waals surface area contributed by atoms with Gasteiger partial charge in [-0.1, -0.05) is 0 Å². The Morgan fingerprint density at radius 1 is 1.13 bits per heavy atom. The molecule has 0 aromatic carbocycles. The number of hydroxylamine groups is 2. The number of hydrogen-bond donors (Lipinski definition) is 7. The molecule has 0 aromatic rings. The topological polar surface area (TPSA) is 162 Å². The number of rotatable bonds is 1. The largest absolute Gasteiger partial charge is 0.478 e. The van der Waals surface area contributed by atoms with E-state index in [0.29, 0.717) is 0 Å². The molecule has 1 fully saturated rings. The molecule has 1 aliphatic rings. The number of aliphatic carboxylic acids is 1. The van der Waals surface area contributed by atoms with Crippen molar-refractivity contribution in [1.29, 1.82) is 0 Å². The molecule has 0 radical (unpaired) electrons. The first-order valence-corrected chi connectivity index (χ1v) is 3.90. The van der Waals surface area contributed by atoms with Gasteiger partial charge >= 0.3 is 5.97 Å². The molecule has 15 heavy (non-hydrogen) atoms. The first-order valence-electron chi connectivity index (χ1n) is 3.90. The third-order valence-corrected chi connectivity index (χ3v) is 2.31. The van der Waals surface area contributed by atoms with Crippen molar-refractivity contribution in [2.45, 2.75) is 30.3 Å². The number of aliphatic hydroxyl groups is 5. The highest BCUT2D eigenvalue weighted by molar-refractivity contribution is 5.77. The Hall–Kier alpha value is -0.810. The zero-order chi connectivity index (χ0) is 12.0. The summed E-state index contributed by atoms with van der Waals surface area (Å²) in [6, 6.07) is 0. The Labute approximate surface area is 83.0 Å². The lowest BCUT2D eigenvalue weighted by atomic mass is 9.91. The molecule has 7 N–H and O–H groups in total. The predicted molar refractivity (Wildman–Crippen MR) is 40.2 cm³/mol. The van der Waals surface area contributed by atoms with Crippen LogP contribution in [0.5, 0.6) is 0 Å². The number of carboxylic acid groups (broad SMARTS) is 1. The van der Waals surface area contributed by atoms with Crippen molar-refractivity contribution >= 4 is 5.97 Å². The highest BCUT2D eigenvalue weighted by Crippen LogP contribution is 2.28. The molecular weight excluding hydrogens is 214 g/mol. The van der Waals surface area contributed by atoms with Crippen molar-refractivity contribution in [3.63, 3.8) is 0 Å². The fourth-order valence-corrected chi connectivity index (χ4v) is 1.31. The quantitative estimate of drug-likeness (QED) is 0.235. The molecule has 0 aliphatic carbocycles. The molecule has 1 rings (SSSR count). The highest BCUT2D eigenvalue weighted by atomic mass is 16.6. The molecule has 0 aromatic heterocycles. The minimum Gasteiger partial charge on any atom is -0.478 e. The lowest BCUT2D eigenvalue weighted by molar-refractivity contribution is -0.387. The van der Waals surface area contributed by atoms with E-state index in [2.05, 4.69) is 0 Å². The van der Waals surface area contributed by atoms with E-state index < -0.39 is 41.3 Å². The standard InChI is InChI=1S/C6H11NO8/c8-1-2(9)4(11)7(15)6(14,3(1)10)5(12)13/h1-4,8-11,14-15H,(H,12,13). The van der Waals surface area contributed by atoms with Gasteiger partial charge in [0.05, 0.1) is 0 Å². The van der Waals surface area contributed by atoms with Gasteiger partial charge in [-0.25, -0.2) is 4.79 Å². The molecule has 1 aliphatic heterocycles. The van der Waals surface area contributed by atoms with Crippen LogP contribution in [-0.4, -0.2) is 77.1 Å². The van der Waals surface area contributed by atoms with Gasteiger partial charge in [0, 0.05) is 0 Å². The van der Waals surface area contributed by atoms with Crippen LogP contribution in [0.1, 0.15) is 0 Å². The van der Waals surface area contributed by atoms with E-state index in [-0.39, 0.29) is 0 Å². The zero-order valence-electron chi connectivity index (χ0n) is 7.30. The van der Waals surface area contributed by atoms with E-state index in [1.165, 1.54) is 0 Å². The lowest BCUT2D eigenvalue weighted by Crippen LogP contribution is -2.75. The molecule has 9 nitrogen and oxygen atoms in total. The average Bonchev–Trinajstić information content (AvgIpc) is 2.20. The molecule has 9 heteroatoms. The Kier molecular flexibility index (Phi) is 2.98. The van der Waals surface area contributed by atoms with Gasteiger partial charge in [-0.3, -0.25) is 0 Å². The summed E-state index contributed by atoms with van der Waals surface area (Å²) in [7, 11) is 0. The Bertz CT molecular complexity index is 254. The van der Waals surface area contributed by atoms with Gasteiger partial charge in [0.2, 0.25) is 0 Å². The van der Waals surface area contributed by atoms with E-state index in [9.17, 15) is 15.0 Å². The molecule has 0 amide bonds. The Morgan fingerprint density at radius 3 is 2.00 bits per heavy atom. The van der Waals surface area contributed by atoms with Gasteiger partial charge in [0.15, 0.2) is 6.23 Å². The minimum absolute atomic E-state index is 0.530. The second-order valence-corrected chi connectivity index (χ2v) is 3.22. The monoisotopic (exact) mass is 225 g/mol. The molecule has 1 saturated heterocycles. The van der Waals surface area contributed by atoms with Crippen molar-refractivity contribution in [3.05, 3.63) is 0 Å². The van der Waals surface area contributed by atoms with Gasteiger partial charge < -0.3 is 35.8 Å². The van der Waals surface area contributed by atoms with Gasteiger partial charge in [-0.2, -0.15) is 0 Å². The van der Waals surface area contributed by atoms with Crippen molar-refractivity contribution in [3.8, 4) is 0 Å². The molecule has 88 valence electrons. The maximum atomic E-state index is 10.6. The number of nitrogens with zero attached hydrogens (tertiary/aromatic N) is 1. The van der Waals surface area contributed by atoms with Crippen molar-refractivity contribution < 1.29 is 40.6 Å². The predicted octanol–water partition coefficient (Wildman–Crippen LogP) is -4.13. The second kappa shape index (κ2) is 3.64. The van der Waals surface area contributed by atoms with Gasteiger partial charge in [-0.05, 0) is 0 Å². The normalized spacial score (nSPS) is 47.9. The molecule has 1 heterocycles. The van der Waals surface area contributed by atoms with Crippen molar-refractivity contribution in [1.82, 2.24) is 5.06 Å². The summed E-state index contributed by atoms with van der Waals surface area (Å²) < 4.78 is 0.